The summed E-state index contributed by atoms with van der Waals surface area (Å²) in [4.78, 5) is 20.7. The van der Waals surface area contributed by atoms with Crippen molar-refractivity contribution in [3.63, 3.8) is 0 Å². The van der Waals surface area contributed by atoms with Gasteiger partial charge < -0.3 is 9.84 Å². The Hall–Kier alpha value is -0.810. The van der Waals surface area contributed by atoms with Crippen molar-refractivity contribution in [3.05, 3.63) is 0 Å². The van der Waals surface area contributed by atoms with E-state index >= 15 is 0 Å². The largest absolute Gasteiger partial charge is 0.508 e. The predicted molar refractivity (Wildman–Crippen MR) is 63.5 cm³/mol. The Morgan fingerprint density at radius 3 is 1.82 bits per heavy atom. The standard InChI is InChI=1S/C12H24O5/c1-10(2,3)8-11(4,5)16-17-12(6,7)15-9(13)14/h8H2,1-7H3,(H,13,14). The molecule has 0 aliphatic heterocycles. The van der Waals surface area contributed by atoms with Gasteiger partial charge in [0, 0.05) is 13.8 Å². The highest BCUT2D eigenvalue weighted by molar-refractivity contribution is 5.57. The Kier molecular flexibility index (Phi) is 4.98. The molecule has 17 heavy (non-hydrogen) atoms. The van der Waals surface area contributed by atoms with Crippen molar-refractivity contribution in [2.24, 2.45) is 5.41 Å². The van der Waals surface area contributed by atoms with Crippen LogP contribution in [0.15, 0.2) is 0 Å². The van der Waals surface area contributed by atoms with E-state index < -0.39 is 17.5 Å². The third kappa shape index (κ3) is 8.94. The van der Waals surface area contributed by atoms with Gasteiger partial charge in [-0.2, -0.15) is 4.89 Å². The number of ether oxygens (including phenoxy) is 1. The fraction of sp³-hybridized carbons (Fsp3) is 0.917. The first kappa shape index (κ1) is 16.2. The van der Waals surface area contributed by atoms with E-state index in [4.69, 9.17) is 14.9 Å². The molecule has 5 heteroatoms. The number of hydrogen-bond donors (Lipinski definition) is 1. The quantitative estimate of drug-likeness (QED) is 0.348. The van der Waals surface area contributed by atoms with Gasteiger partial charge in [0.2, 0.25) is 5.79 Å². The lowest BCUT2D eigenvalue weighted by Gasteiger charge is -2.33. The maximum Gasteiger partial charge on any atom is 0.508 e. The van der Waals surface area contributed by atoms with Crippen LogP contribution in [0.5, 0.6) is 0 Å². The molecule has 5 nitrogen and oxygen atoms in total. The molecule has 0 aromatic heterocycles. The van der Waals surface area contributed by atoms with Gasteiger partial charge in [-0.1, -0.05) is 20.8 Å². The highest BCUT2D eigenvalue weighted by Crippen LogP contribution is 2.30. The molecule has 0 heterocycles. The van der Waals surface area contributed by atoms with E-state index in [0.717, 1.165) is 6.42 Å². The van der Waals surface area contributed by atoms with E-state index in [1.807, 2.05) is 13.8 Å². The van der Waals surface area contributed by atoms with Crippen LogP contribution < -0.4 is 0 Å². The molecule has 0 spiro atoms. The molecular formula is C12H24O5. The van der Waals surface area contributed by atoms with Gasteiger partial charge in [-0.05, 0) is 25.7 Å². The zero-order chi connectivity index (χ0) is 13.9. The van der Waals surface area contributed by atoms with Crippen LogP contribution in [-0.4, -0.2) is 22.7 Å². The molecule has 102 valence electrons. The number of rotatable bonds is 5. The third-order valence-electron chi connectivity index (χ3n) is 1.76. The molecule has 0 radical (unpaired) electrons. The van der Waals surface area contributed by atoms with Crippen LogP contribution in [0.25, 0.3) is 0 Å². The van der Waals surface area contributed by atoms with Crippen LogP contribution in [0.2, 0.25) is 0 Å². The van der Waals surface area contributed by atoms with Gasteiger partial charge in [0.15, 0.2) is 0 Å². The minimum atomic E-state index is -1.40. The van der Waals surface area contributed by atoms with Crippen molar-refractivity contribution in [2.45, 2.75) is 66.3 Å². The lowest BCUT2D eigenvalue weighted by Crippen LogP contribution is -2.37. The summed E-state index contributed by atoms with van der Waals surface area (Å²) in [5.74, 6) is -1.32. The molecule has 0 aliphatic carbocycles. The van der Waals surface area contributed by atoms with Crippen molar-refractivity contribution < 1.29 is 24.4 Å². The fourth-order valence-electron chi connectivity index (χ4n) is 1.75. The molecule has 0 aromatic carbocycles. The summed E-state index contributed by atoms with van der Waals surface area (Å²) in [5, 5.41) is 8.51. The number of carbonyl (C=O) groups is 1. The molecule has 0 bridgehead atoms. The van der Waals surface area contributed by atoms with Gasteiger partial charge >= 0.3 is 6.16 Å². The molecule has 0 fully saturated rings. The molecule has 0 atom stereocenters. The first-order chi connectivity index (χ1) is 7.33. The van der Waals surface area contributed by atoms with Gasteiger partial charge in [-0.3, -0.25) is 0 Å². The van der Waals surface area contributed by atoms with E-state index in [-0.39, 0.29) is 5.41 Å². The summed E-state index contributed by atoms with van der Waals surface area (Å²) in [5.41, 5.74) is -0.429. The minimum absolute atomic E-state index is 0.0880. The van der Waals surface area contributed by atoms with Crippen molar-refractivity contribution >= 4 is 6.16 Å². The first-order valence-electron chi connectivity index (χ1n) is 5.62. The fourth-order valence-corrected chi connectivity index (χ4v) is 1.75. The Bertz CT molecular complexity index is 263. The smallest absolute Gasteiger partial charge is 0.450 e. The summed E-state index contributed by atoms with van der Waals surface area (Å²) in [6.45, 7) is 13.0. The molecule has 0 saturated carbocycles. The number of carboxylic acid groups (broad SMARTS) is 1. The highest BCUT2D eigenvalue weighted by atomic mass is 17.2. The molecular weight excluding hydrogens is 224 g/mol. The van der Waals surface area contributed by atoms with Gasteiger partial charge in [-0.15, -0.1) is 0 Å². The van der Waals surface area contributed by atoms with Gasteiger partial charge in [0.1, 0.15) is 0 Å². The van der Waals surface area contributed by atoms with Crippen LogP contribution >= 0.6 is 0 Å². The molecule has 0 aliphatic rings. The Balaban J connectivity index is 4.30. The van der Waals surface area contributed by atoms with Crippen LogP contribution in [0.1, 0.15) is 54.9 Å². The first-order valence-corrected chi connectivity index (χ1v) is 5.62. The van der Waals surface area contributed by atoms with Gasteiger partial charge in [0.25, 0.3) is 0 Å². The second-order valence-corrected chi connectivity index (χ2v) is 6.43. The van der Waals surface area contributed by atoms with E-state index in [1.54, 1.807) is 0 Å². The van der Waals surface area contributed by atoms with E-state index in [2.05, 4.69) is 25.5 Å². The summed E-state index contributed by atoms with van der Waals surface area (Å²) in [7, 11) is 0. The lowest BCUT2D eigenvalue weighted by atomic mass is 9.84. The van der Waals surface area contributed by atoms with E-state index in [1.165, 1.54) is 13.8 Å². The third-order valence-corrected chi connectivity index (χ3v) is 1.76. The zero-order valence-corrected chi connectivity index (χ0v) is 11.8. The van der Waals surface area contributed by atoms with Crippen molar-refractivity contribution in [1.29, 1.82) is 0 Å². The number of hydrogen-bond acceptors (Lipinski definition) is 4. The van der Waals surface area contributed by atoms with Crippen LogP contribution in [0.3, 0.4) is 0 Å². The molecule has 0 amide bonds. The average Bonchev–Trinajstić information content (AvgIpc) is 1.94. The summed E-state index contributed by atoms with van der Waals surface area (Å²) >= 11 is 0. The van der Waals surface area contributed by atoms with Crippen molar-refractivity contribution in [2.75, 3.05) is 0 Å². The normalized spacial score (nSPS) is 13.6. The average molecular weight is 248 g/mol. The predicted octanol–water partition coefficient (Wildman–Crippen LogP) is 3.58. The summed E-state index contributed by atoms with van der Waals surface area (Å²) < 4.78 is 4.53. The second-order valence-electron chi connectivity index (χ2n) is 6.43. The molecule has 0 saturated heterocycles. The highest BCUT2D eigenvalue weighted by Gasteiger charge is 2.32. The van der Waals surface area contributed by atoms with Gasteiger partial charge in [0.05, 0.1) is 5.60 Å². The maximum atomic E-state index is 10.4. The summed E-state index contributed by atoms with van der Waals surface area (Å²) in [6, 6.07) is 0. The molecule has 0 rings (SSSR count). The topological polar surface area (TPSA) is 65.0 Å². The SMILES string of the molecule is CC(C)(C)CC(C)(C)OOC(C)(C)OC(=O)O. The monoisotopic (exact) mass is 248 g/mol. The minimum Gasteiger partial charge on any atom is -0.450 e. The maximum absolute atomic E-state index is 10.4. The Labute approximate surface area is 103 Å². The summed E-state index contributed by atoms with van der Waals surface area (Å²) in [6.07, 6.45) is -0.629. The Morgan fingerprint density at radius 1 is 1.00 bits per heavy atom. The Morgan fingerprint density at radius 2 is 1.47 bits per heavy atom. The van der Waals surface area contributed by atoms with Crippen LogP contribution in [-0.2, 0) is 14.5 Å². The molecule has 0 unspecified atom stereocenters. The van der Waals surface area contributed by atoms with E-state index in [0.29, 0.717) is 0 Å². The second kappa shape index (κ2) is 5.23. The molecule has 0 aromatic rings. The van der Waals surface area contributed by atoms with Gasteiger partial charge in [-0.25, -0.2) is 9.68 Å². The van der Waals surface area contributed by atoms with Crippen LogP contribution in [0.4, 0.5) is 4.79 Å². The van der Waals surface area contributed by atoms with Crippen LogP contribution in [0, 0.1) is 5.41 Å². The lowest BCUT2D eigenvalue weighted by molar-refractivity contribution is -0.446. The van der Waals surface area contributed by atoms with Crippen molar-refractivity contribution in [3.8, 4) is 0 Å². The molecule has 1 N–H and O–H groups in total. The van der Waals surface area contributed by atoms with E-state index in [9.17, 15) is 4.79 Å². The zero-order valence-electron chi connectivity index (χ0n) is 11.8. The van der Waals surface area contributed by atoms with Crippen molar-refractivity contribution in [1.82, 2.24) is 0 Å².